The van der Waals surface area contributed by atoms with Gasteiger partial charge in [-0.1, -0.05) is 0 Å². The Labute approximate surface area is 167 Å². The summed E-state index contributed by atoms with van der Waals surface area (Å²) in [4.78, 5) is 44.7. The molecule has 150 valence electrons. The van der Waals surface area contributed by atoms with Gasteiger partial charge in [-0.05, 0) is 38.8 Å². The van der Waals surface area contributed by atoms with Crippen LogP contribution in [0.1, 0.15) is 42.9 Å². The average Bonchev–Trinajstić information content (AvgIpc) is 3.40. The van der Waals surface area contributed by atoms with Crippen molar-refractivity contribution in [3.8, 4) is 0 Å². The van der Waals surface area contributed by atoms with E-state index < -0.39 is 0 Å². The molecule has 0 unspecified atom stereocenters. The molecule has 8 nitrogen and oxygen atoms in total. The summed E-state index contributed by atoms with van der Waals surface area (Å²) in [5, 5.41) is 4.91. The predicted molar refractivity (Wildman–Crippen MR) is 105 cm³/mol. The minimum Gasteiger partial charge on any atom is -0.459 e. The first-order valence-electron chi connectivity index (χ1n) is 9.30. The van der Waals surface area contributed by atoms with E-state index in [2.05, 4.69) is 10.3 Å². The number of nitrogens with one attached hydrogen (secondary N) is 1. The maximum atomic E-state index is 12.5. The van der Waals surface area contributed by atoms with Crippen molar-refractivity contribution in [1.29, 1.82) is 0 Å². The third-order valence-corrected chi connectivity index (χ3v) is 5.33. The van der Waals surface area contributed by atoms with Crippen LogP contribution >= 0.6 is 11.3 Å². The van der Waals surface area contributed by atoms with Crippen LogP contribution < -0.4 is 5.32 Å². The Balaban J connectivity index is 1.55. The molecule has 1 aliphatic rings. The Bertz CT molecular complexity index is 825. The van der Waals surface area contributed by atoms with Gasteiger partial charge >= 0.3 is 0 Å². The standard InChI is InChI=1S/C19H24N4O4S/c1-13(2)23(18(26)15-6-5-9-27-15)11-16(24)21-19-20-14(12-28-19)10-17(25)22-7-3-4-8-22/h5-6,9,12-13H,3-4,7-8,10-11H2,1-2H3,(H,20,21,24). The number of anilines is 1. The fourth-order valence-electron chi connectivity index (χ4n) is 3.02. The van der Waals surface area contributed by atoms with Crippen LogP contribution in [0.25, 0.3) is 0 Å². The number of carbonyl (C=O) groups excluding carboxylic acids is 3. The monoisotopic (exact) mass is 404 g/mol. The SMILES string of the molecule is CC(C)N(CC(=O)Nc1nc(CC(=O)N2CCCC2)cs1)C(=O)c1ccco1. The maximum Gasteiger partial charge on any atom is 0.290 e. The van der Waals surface area contributed by atoms with E-state index in [1.807, 2.05) is 18.7 Å². The zero-order chi connectivity index (χ0) is 20.1. The number of carbonyl (C=O) groups is 3. The van der Waals surface area contributed by atoms with Gasteiger partial charge in [0.1, 0.15) is 6.54 Å². The number of thiazole rings is 1. The highest BCUT2D eigenvalue weighted by atomic mass is 32.1. The number of hydrogen-bond acceptors (Lipinski definition) is 6. The molecule has 3 amide bonds. The van der Waals surface area contributed by atoms with Crippen molar-refractivity contribution >= 4 is 34.2 Å². The Morgan fingerprint density at radius 3 is 2.71 bits per heavy atom. The Morgan fingerprint density at radius 1 is 1.32 bits per heavy atom. The van der Waals surface area contributed by atoms with Gasteiger partial charge < -0.3 is 19.5 Å². The molecular formula is C19H24N4O4S. The van der Waals surface area contributed by atoms with Crippen molar-refractivity contribution in [2.75, 3.05) is 25.0 Å². The molecule has 1 saturated heterocycles. The number of aromatic nitrogens is 1. The number of furan rings is 1. The summed E-state index contributed by atoms with van der Waals surface area (Å²) >= 11 is 1.27. The maximum absolute atomic E-state index is 12.5. The third-order valence-electron chi connectivity index (χ3n) is 4.52. The molecule has 0 aromatic carbocycles. The summed E-state index contributed by atoms with van der Waals surface area (Å²) in [6.07, 6.45) is 3.76. The van der Waals surface area contributed by atoms with Crippen LogP contribution in [0.2, 0.25) is 0 Å². The fourth-order valence-corrected chi connectivity index (χ4v) is 3.75. The molecule has 3 heterocycles. The number of rotatable bonds is 7. The topological polar surface area (TPSA) is 95.8 Å². The number of hydrogen-bond donors (Lipinski definition) is 1. The molecule has 3 rings (SSSR count). The van der Waals surface area contributed by atoms with Gasteiger partial charge in [0, 0.05) is 24.5 Å². The first-order chi connectivity index (χ1) is 13.4. The molecule has 0 atom stereocenters. The highest BCUT2D eigenvalue weighted by Gasteiger charge is 2.24. The van der Waals surface area contributed by atoms with Crippen LogP contribution in [0, 0.1) is 0 Å². The smallest absolute Gasteiger partial charge is 0.290 e. The molecule has 0 saturated carbocycles. The van der Waals surface area contributed by atoms with Crippen molar-refractivity contribution < 1.29 is 18.8 Å². The third kappa shape index (κ3) is 4.98. The van der Waals surface area contributed by atoms with Gasteiger partial charge in [-0.2, -0.15) is 0 Å². The summed E-state index contributed by atoms with van der Waals surface area (Å²) in [6.45, 7) is 5.17. The fraction of sp³-hybridized carbons (Fsp3) is 0.474. The summed E-state index contributed by atoms with van der Waals surface area (Å²) in [5.74, 6) is -0.430. The first-order valence-corrected chi connectivity index (χ1v) is 10.2. The lowest BCUT2D eigenvalue weighted by Crippen LogP contribution is -2.42. The van der Waals surface area contributed by atoms with Crippen molar-refractivity contribution in [2.24, 2.45) is 0 Å². The molecule has 0 bridgehead atoms. The van der Waals surface area contributed by atoms with Crippen molar-refractivity contribution in [3.63, 3.8) is 0 Å². The molecule has 1 N–H and O–H groups in total. The second-order valence-electron chi connectivity index (χ2n) is 6.96. The lowest BCUT2D eigenvalue weighted by molar-refractivity contribution is -0.129. The van der Waals surface area contributed by atoms with E-state index in [1.54, 1.807) is 17.5 Å². The van der Waals surface area contributed by atoms with Crippen LogP contribution in [0.15, 0.2) is 28.2 Å². The first kappa shape index (κ1) is 20.1. The van der Waals surface area contributed by atoms with E-state index in [9.17, 15) is 14.4 Å². The van der Waals surface area contributed by atoms with Crippen molar-refractivity contribution in [1.82, 2.24) is 14.8 Å². The van der Waals surface area contributed by atoms with E-state index in [4.69, 9.17) is 4.42 Å². The van der Waals surface area contributed by atoms with E-state index in [0.29, 0.717) is 10.8 Å². The molecule has 0 aliphatic carbocycles. The number of amides is 3. The van der Waals surface area contributed by atoms with Crippen LogP contribution in [0.5, 0.6) is 0 Å². The van der Waals surface area contributed by atoms with Crippen LogP contribution in [0.3, 0.4) is 0 Å². The summed E-state index contributed by atoms with van der Waals surface area (Å²) in [7, 11) is 0. The molecule has 1 fully saturated rings. The predicted octanol–water partition coefficient (Wildman–Crippen LogP) is 2.39. The zero-order valence-corrected chi connectivity index (χ0v) is 16.8. The minimum atomic E-state index is -0.347. The van der Waals surface area contributed by atoms with Crippen LogP contribution in [-0.4, -0.2) is 58.2 Å². The number of likely N-dealkylation sites (tertiary alicyclic amines) is 1. The molecule has 1 aliphatic heterocycles. The van der Waals surface area contributed by atoms with Crippen LogP contribution in [-0.2, 0) is 16.0 Å². The molecule has 2 aromatic rings. The summed E-state index contributed by atoms with van der Waals surface area (Å²) < 4.78 is 5.14. The van der Waals surface area contributed by atoms with E-state index >= 15 is 0 Å². The molecule has 2 aromatic heterocycles. The van der Waals surface area contributed by atoms with Crippen LogP contribution in [0.4, 0.5) is 5.13 Å². The summed E-state index contributed by atoms with van der Waals surface area (Å²) in [5.41, 5.74) is 0.643. The normalized spacial score (nSPS) is 13.8. The van der Waals surface area contributed by atoms with Gasteiger partial charge in [-0.3, -0.25) is 14.4 Å². The molecule has 0 spiro atoms. The second kappa shape index (κ2) is 9.01. The molecular weight excluding hydrogens is 380 g/mol. The highest BCUT2D eigenvalue weighted by Crippen LogP contribution is 2.18. The Hall–Kier alpha value is -2.68. The van der Waals surface area contributed by atoms with E-state index in [0.717, 1.165) is 25.9 Å². The van der Waals surface area contributed by atoms with Gasteiger partial charge in [0.15, 0.2) is 10.9 Å². The molecule has 0 radical (unpaired) electrons. The van der Waals surface area contributed by atoms with Crippen molar-refractivity contribution in [3.05, 3.63) is 35.2 Å². The van der Waals surface area contributed by atoms with E-state index in [-0.39, 0.29) is 42.5 Å². The Morgan fingerprint density at radius 2 is 2.07 bits per heavy atom. The lowest BCUT2D eigenvalue weighted by atomic mass is 10.2. The van der Waals surface area contributed by atoms with Gasteiger partial charge in [-0.25, -0.2) is 4.98 Å². The highest BCUT2D eigenvalue weighted by molar-refractivity contribution is 7.13. The second-order valence-corrected chi connectivity index (χ2v) is 7.82. The van der Waals surface area contributed by atoms with Gasteiger partial charge in [0.25, 0.3) is 5.91 Å². The quantitative estimate of drug-likeness (QED) is 0.764. The van der Waals surface area contributed by atoms with Crippen molar-refractivity contribution in [2.45, 2.75) is 39.2 Å². The van der Waals surface area contributed by atoms with Gasteiger partial charge in [-0.15, -0.1) is 11.3 Å². The molecule has 9 heteroatoms. The van der Waals surface area contributed by atoms with E-state index in [1.165, 1.54) is 22.5 Å². The summed E-state index contributed by atoms with van der Waals surface area (Å²) in [6, 6.07) is 3.03. The Kier molecular flexibility index (Phi) is 6.45. The average molecular weight is 404 g/mol. The molecule has 28 heavy (non-hydrogen) atoms. The largest absolute Gasteiger partial charge is 0.459 e. The van der Waals surface area contributed by atoms with Gasteiger partial charge in [0.2, 0.25) is 11.8 Å². The lowest BCUT2D eigenvalue weighted by Gasteiger charge is -2.24. The zero-order valence-electron chi connectivity index (χ0n) is 16.0. The van der Waals surface area contributed by atoms with Gasteiger partial charge in [0.05, 0.1) is 18.4 Å². The minimum absolute atomic E-state index is 0.0655. The number of nitrogens with zero attached hydrogens (tertiary/aromatic N) is 3.